The summed E-state index contributed by atoms with van der Waals surface area (Å²) in [5, 5.41) is 53.5. The van der Waals surface area contributed by atoms with Crippen molar-refractivity contribution in [2.75, 3.05) is 0 Å². The second-order valence-corrected chi connectivity index (χ2v) is 14.9. The molecule has 0 radical (unpaired) electrons. The molecular formula is C28H22Cl7NO14S2. The predicted molar refractivity (Wildman–Crippen MR) is 192 cm³/mol. The van der Waals surface area contributed by atoms with Crippen molar-refractivity contribution in [3.63, 3.8) is 0 Å². The normalized spacial score (nSPS) is 12.2. The van der Waals surface area contributed by atoms with Gasteiger partial charge in [0, 0.05) is 29.0 Å². The van der Waals surface area contributed by atoms with Crippen LogP contribution >= 0.6 is 81.2 Å². The number of carbonyl (C=O) groups excluding carboxylic acids is 2. The molecule has 0 spiro atoms. The first-order chi connectivity index (χ1) is 23.8. The lowest BCUT2D eigenvalue weighted by molar-refractivity contribution is -0.171. The van der Waals surface area contributed by atoms with Gasteiger partial charge in [-0.1, -0.05) is 87.3 Å². The molecule has 0 aliphatic carbocycles. The van der Waals surface area contributed by atoms with E-state index in [2.05, 4.69) is 0 Å². The standard InChI is InChI=1S/2C6H4Cl2O4S.C6H4Cl2O.C6H5ClO2.C4H5NO3/c7-4-1-3(13(10,11)12)2-5(8)6(4)9;7-3-1-4(8)6(9)5(2-3)13(10,11)12;7-4-2-1-3-5(8)6(4)9;7-4-1-2-5(8)6(9)3-4;6-3-1-2-4(7)5(3)8/h2*1-2,9H,(H,10,11,12);1-3,9H;1-3,8-9H;8H,1-2H2. The lowest BCUT2D eigenvalue weighted by Gasteiger charge is -2.03. The van der Waals surface area contributed by atoms with Gasteiger partial charge in [0.05, 0.1) is 30.0 Å². The first kappa shape index (κ1) is 46.9. The van der Waals surface area contributed by atoms with E-state index in [0.717, 1.165) is 24.3 Å². The van der Waals surface area contributed by atoms with Crippen LogP contribution < -0.4 is 0 Å². The molecule has 1 aliphatic rings. The van der Waals surface area contributed by atoms with Gasteiger partial charge in [-0.15, -0.1) is 0 Å². The number of para-hydroxylation sites is 1. The largest absolute Gasteiger partial charge is 0.505 e. The van der Waals surface area contributed by atoms with Gasteiger partial charge in [0.25, 0.3) is 32.1 Å². The molecule has 0 saturated carbocycles. The van der Waals surface area contributed by atoms with Crippen molar-refractivity contribution in [3.8, 4) is 28.7 Å². The maximum Gasteiger partial charge on any atom is 0.298 e. The minimum absolute atomic E-state index is 0.00965. The van der Waals surface area contributed by atoms with Gasteiger partial charge in [-0.2, -0.15) is 21.9 Å². The average Bonchev–Trinajstić information content (AvgIpc) is 3.33. The average molecular weight is 909 g/mol. The smallest absolute Gasteiger partial charge is 0.298 e. The monoisotopic (exact) mass is 905 g/mol. The van der Waals surface area contributed by atoms with Crippen LogP contribution in [0.5, 0.6) is 28.7 Å². The number of benzene rings is 4. The van der Waals surface area contributed by atoms with Crippen LogP contribution in [0.4, 0.5) is 0 Å². The molecule has 24 heteroatoms. The van der Waals surface area contributed by atoms with Crippen LogP contribution in [0.1, 0.15) is 12.8 Å². The number of amides is 2. The van der Waals surface area contributed by atoms with Crippen LogP contribution in [-0.2, 0) is 29.8 Å². The number of hydroxylamine groups is 2. The highest BCUT2D eigenvalue weighted by Gasteiger charge is 2.26. The lowest BCUT2D eigenvalue weighted by Crippen LogP contribution is -2.24. The summed E-state index contributed by atoms with van der Waals surface area (Å²) >= 11 is 38.1. The Morgan fingerprint density at radius 1 is 0.519 bits per heavy atom. The maximum atomic E-state index is 10.6. The summed E-state index contributed by atoms with van der Waals surface area (Å²) in [6.45, 7) is 0. The third kappa shape index (κ3) is 15.1. The fourth-order valence-electron chi connectivity index (χ4n) is 2.98. The molecule has 4 aromatic carbocycles. The van der Waals surface area contributed by atoms with E-state index in [1.54, 1.807) is 18.2 Å². The molecule has 1 heterocycles. The van der Waals surface area contributed by atoms with Crippen LogP contribution in [0.3, 0.4) is 0 Å². The molecule has 8 N–H and O–H groups in total. The quantitative estimate of drug-likeness (QED) is 0.0412. The molecule has 15 nitrogen and oxygen atoms in total. The first-order valence-corrected chi connectivity index (χ1v) is 18.5. The highest BCUT2D eigenvalue weighted by molar-refractivity contribution is 7.86. The summed E-state index contributed by atoms with van der Waals surface area (Å²) in [6.07, 6.45) is 0.296. The van der Waals surface area contributed by atoms with Crippen LogP contribution in [0.15, 0.2) is 70.5 Å². The fraction of sp³-hybridized carbons (Fsp3) is 0.0714. The van der Waals surface area contributed by atoms with E-state index in [0.29, 0.717) is 5.02 Å². The SMILES string of the molecule is O=C1CCC(=O)N1O.O=S(=O)(O)c1cc(Cl)c(O)c(Cl)c1.O=S(=O)(O)c1cc(Cl)cc(Cl)c1O.Oc1c(Cl)cccc1Cl.Oc1ccc(Cl)cc1O. The topological polar surface area (TPSA) is 267 Å². The van der Waals surface area contributed by atoms with Gasteiger partial charge in [-0.3, -0.25) is 23.9 Å². The van der Waals surface area contributed by atoms with Crippen LogP contribution in [-0.4, -0.2) is 73.6 Å². The Kier molecular flexibility index (Phi) is 18.3. The van der Waals surface area contributed by atoms with E-state index in [4.69, 9.17) is 121 Å². The Morgan fingerprint density at radius 2 is 0.962 bits per heavy atom. The number of hydrogen-bond acceptors (Lipinski definition) is 12. The molecule has 284 valence electrons. The molecule has 1 aliphatic heterocycles. The van der Waals surface area contributed by atoms with Crippen molar-refractivity contribution in [2.45, 2.75) is 22.6 Å². The van der Waals surface area contributed by atoms with Crippen LogP contribution in [0, 0.1) is 0 Å². The Morgan fingerprint density at radius 3 is 1.31 bits per heavy atom. The fourth-order valence-corrected chi connectivity index (χ4v) is 5.94. The Hall–Kier alpha value is -3.17. The van der Waals surface area contributed by atoms with E-state index >= 15 is 0 Å². The molecule has 1 fully saturated rings. The number of imide groups is 1. The molecule has 52 heavy (non-hydrogen) atoms. The second kappa shape index (κ2) is 20.3. The molecular weight excluding hydrogens is 887 g/mol. The van der Waals surface area contributed by atoms with Crippen LogP contribution in [0.2, 0.25) is 35.2 Å². The van der Waals surface area contributed by atoms with E-state index < -0.39 is 53.3 Å². The number of nitrogens with zero attached hydrogens (tertiary/aromatic N) is 1. The van der Waals surface area contributed by atoms with E-state index in [-0.39, 0.29) is 65.3 Å². The number of aromatic hydroxyl groups is 5. The van der Waals surface area contributed by atoms with E-state index in [1.807, 2.05) is 0 Å². The zero-order valence-corrected chi connectivity index (χ0v) is 32.0. The van der Waals surface area contributed by atoms with Gasteiger partial charge in [0.2, 0.25) is 0 Å². The molecule has 0 bridgehead atoms. The number of rotatable bonds is 2. The first-order valence-electron chi connectivity index (χ1n) is 12.9. The molecule has 1 saturated heterocycles. The van der Waals surface area contributed by atoms with Gasteiger partial charge in [0.1, 0.15) is 4.90 Å². The summed E-state index contributed by atoms with van der Waals surface area (Å²) in [5.41, 5.74) is 0. The van der Waals surface area contributed by atoms with Crippen LogP contribution in [0.25, 0.3) is 0 Å². The van der Waals surface area contributed by atoms with Gasteiger partial charge >= 0.3 is 0 Å². The van der Waals surface area contributed by atoms with Gasteiger partial charge in [0.15, 0.2) is 28.7 Å². The second-order valence-electron chi connectivity index (χ2n) is 9.22. The summed E-state index contributed by atoms with van der Waals surface area (Å²) in [4.78, 5) is 19.3. The number of phenolic OH excluding ortho intramolecular Hbond substituents is 5. The molecule has 5 rings (SSSR count). The van der Waals surface area contributed by atoms with Gasteiger partial charge < -0.3 is 25.5 Å². The zero-order valence-electron chi connectivity index (χ0n) is 25.1. The number of halogens is 7. The van der Waals surface area contributed by atoms with Gasteiger partial charge in [-0.05, 0) is 48.5 Å². The van der Waals surface area contributed by atoms with Gasteiger partial charge in [-0.25, -0.2) is 0 Å². The number of hydrogen-bond donors (Lipinski definition) is 8. The molecule has 0 atom stereocenters. The van der Waals surface area contributed by atoms with Crippen molar-refractivity contribution >= 4 is 113 Å². The number of phenols is 5. The van der Waals surface area contributed by atoms with E-state index in [9.17, 15) is 26.4 Å². The third-order valence-electron chi connectivity index (χ3n) is 5.46. The summed E-state index contributed by atoms with van der Waals surface area (Å²) in [7, 11) is -8.84. The Balaban J connectivity index is 0.000000329. The van der Waals surface area contributed by atoms with Crippen molar-refractivity contribution in [1.29, 1.82) is 0 Å². The Labute approximate surface area is 329 Å². The molecule has 0 aromatic heterocycles. The summed E-state index contributed by atoms with van der Waals surface area (Å²) < 4.78 is 59.7. The van der Waals surface area contributed by atoms with Crippen molar-refractivity contribution in [2.24, 2.45) is 0 Å². The predicted octanol–water partition coefficient (Wildman–Crippen LogP) is 7.87. The summed E-state index contributed by atoms with van der Waals surface area (Å²) in [6, 6.07) is 12.8. The number of carbonyl (C=O) groups is 2. The lowest BCUT2D eigenvalue weighted by atomic mass is 10.3. The van der Waals surface area contributed by atoms with Crippen molar-refractivity contribution < 1.29 is 66.3 Å². The van der Waals surface area contributed by atoms with Crippen molar-refractivity contribution in [3.05, 3.63) is 95.8 Å². The maximum absolute atomic E-state index is 10.6. The minimum atomic E-state index is -4.50. The minimum Gasteiger partial charge on any atom is -0.505 e. The van der Waals surface area contributed by atoms with E-state index in [1.165, 1.54) is 18.2 Å². The third-order valence-corrected chi connectivity index (χ3v) is 9.09. The Bertz CT molecular complexity index is 2100. The molecule has 2 amide bonds. The highest BCUT2D eigenvalue weighted by Crippen LogP contribution is 2.35. The summed E-state index contributed by atoms with van der Waals surface area (Å²) in [5.74, 6) is -2.54. The van der Waals surface area contributed by atoms with Crippen molar-refractivity contribution in [1.82, 2.24) is 5.06 Å². The molecule has 4 aromatic rings. The zero-order chi connectivity index (χ0) is 40.3. The highest BCUT2D eigenvalue weighted by atomic mass is 35.5. The molecule has 0 unspecified atom stereocenters.